The summed E-state index contributed by atoms with van der Waals surface area (Å²) in [6.07, 6.45) is 0. The van der Waals surface area contributed by atoms with Crippen molar-refractivity contribution in [3.8, 4) is 0 Å². The number of benzene rings is 1. The second-order valence-electron chi connectivity index (χ2n) is 3.77. The largest absolute Gasteiger partial charge is 0.314 e. The monoisotopic (exact) mass is 208 g/mol. The molecule has 2 nitrogen and oxygen atoms in total. The number of hydrogen-bond donors (Lipinski definition) is 1. The molecule has 0 saturated carbocycles. The Hall–Kier alpha value is -0.430. The van der Waals surface area contributed by atoms with Crippen LogP contribution in [-0.2, 0) is 6.54 Å². The van der Waals surface area contributed by atoms with Crippen molar-refractivity contribution in [2.24, 2.45) is 0 Å². The van der Waals surface area contributed by atoms with Gasteiger partial charge in [0.1, 0.15) is 0 Å². The zero-order valence-corrected chi connectivity index (χ0v) is 9.52. The highest BCUT2D eigenvalue weighted by molar-refractivity contribution is 7.27. The zero-order valence-electron chi connectivity index (χ0n) is 8.37. The van der Waals surface area contributed by atoms with Gasteiger partial charge in [-0.3, -0.25) is 4.90 Å². The minimum absolute atomic E-state index is 1.09. The van der Waals surface area contributed by atoms with E-state index >= 15 is 0 Å². The van der Waals surface area contributed by atoms with Gasteiger partial charge in [-0.1, -0.05) is 24.3 Å². The predicted molar refractivity (Wildman–Crippen MR) is 63.9 cm³/mol. The van der Waals surface area contributed by atoms with Gasteiger partial charge in [0, 0.05) is 32.7 Å². The van der Waals surface area contributed by atoms with Crippen molar-refractivity contribution >= 4 is 14.5 Å². The first kappa shape index (κ1) is 10.1. The minimum Gasteiger partial charge on any atom is -0.314 e. The minimum atomic E-state index is 1.09. The fourth-order valence-electron chi connectivity index (χ4n) is 1.75. The molecule has 2 rings (SSSR count). The summed E-state index contributed by atoms with van der Waals surface area (Å²) in [5.41, 5.74) is 1.41. The third-order valence-electron chi connectivity index (χ3n) is 2.60. The molecule has 1 aliphatic heterocycles. The van der Waals surface area contributed by atoms with Gasteiger partial charge in [0.05, 0.1) is 0 Å². The SMILES string of the molecule is Pc1ccc(CN2CCNCC2)cc1. The van der Waals surface area contributed by atoms with Gasteiger partial charge in [-0.15, -0.1) is 9.24 Å². The van der Waals surface area contributed by atoms with Crippen molar-refractivity contribution in [2.75, 3.05) is 26.2 Å². The molecule has 1 fully saturated rings. The first-order valence-corrected chi connectivity index (χ1v) is 5.70. The van der Waals surface area contributed by atoms with Crippen molar-refractivity contribution in [3.05, 3.63) is 29.8 Å². The summed E-state index contributed by atoms with van der Waals surface area (Å²) in [7, 11) is 2.72. The smallest absolute Gasteiger partial charge is 0.0234 e. The molecule has 0 aliphatic carbocycles. The molecular formula is C11H17N2P. The van der Waals surface area contributed by atoms with Crippen LogP contribution in [0.25, 0.3) is 0 Å². The van der Waals surface area contributed by atoms with E-state index in [9.17, 15) is 0 Å². The fraction of sp³-hybridized carbons (Fsp3) is 0.455. The van der Waals surface area contributed by atoms with Gasteiger partial charge in [-0.25, -0.2) is 0 Å². The van der Waals surface area contributed by atoms with Gasteiger partial charge >= 0.3 is 0 Å². The molecule has 3 heteroatoms. The van der Waals surface area contributed by atoms with E-state index in [4.69, 9.17) is 0 Å². The van der Waals surface area contributed by atoms with Crippen LogP contribution in [0.3, 0.4) is 0 Å². The Kier molecular flexibility index (Phi) is 3.52. The third kappa shape index (κ3) is 2.78. The Balaban J connectivity index is 1.92. The highest BCUT2D eigenvalue weighted by atomic mass is 31.0. The Labute approximate surface area is 87.9 Å². The van der Waals surface area contributed by atoms with E-state index in [1.165, 1.54) is 24.0 Å². The molecule has 76 valence electrons. The molecule has 0 spiro atoms. The molecule has 0 aromatic heterocycles. The standard InChI is InChI=1S/C11H17N2P/c14-11-3-1-10(2-4-11)9-13-7-5-12-6-8-13/h1-4,12H,5-9,14H2. The van der Waals surface area contributed by atoms with Crippen LogP contribution >= 0.6 is 9.24 Å². The molecule has 1 saturated heterocycles. The topological polar surface area (TPSA) is 15.3 Å². The van der Waals surface area contributed by atoms with E-state index in [-0.39, 0.29) is 0 Å². The molecular weight excluding hydrogens is 191 g/mol. The molecule has 14 heavy (non-hydrogen) atoms. The summed E-state index contributed by atoms with van der Waals surface area (Å²) in [6.45, 7) is 5.68. The Morgan fingerprint density at radius 1 is 1.14 bits per heavy atom. The van der Waals surface area contributed by atoms with Gasteiger partial charge in [-0.05, 0) is 10.9 Å². The van der Waals surface area contributed by atoms with Crippen LogP contribution in [0, 0.1) is 0 Å². The summed E-state index contributed by atoms with van der Waals surface area (Å²) in [5, 5.41) is 4.62. The molecule has 1 aromatic rings. The van der Waals surface area contributed by atoms with E-state index in [1.807, 2.05) is 0 Å². The maximum atomic E-state index is 3.36. The summed E-state index contributed by atoms with van der Waals surface area (Å²) in [6, 6.07) is 8.74. The van der Waals surface area contributed by atoms with Crippen LogP contribution in [0.2, 0.25) is 0 Å². The van der Waals surface area contributed by atoms with Crippen molar-refractivity contribution in [2.45, 2.75) is 6.54 Å². The average Bonchev–Trinajstić information content (AvgIpc) is 2.23. The lowest BCUT2D eigenvalue weighted by Gasteiger charge is -2.27. The Morgan fingerprint density at radius 3 is 2.43 bits per heavy atom. The lowest BCUT2D eigenvalue weighted by Crippen LogP contribution is -2.42. The number of rotatable bonds is 2. The van der Waals surface area contributed by atoms with Gasteiger partial charge in [0.25, 0.3) is 0 Å². The van der Waals surface area contributed by atoms with E-state index in [2.05, 4.69) is 43.7 Å². The van der Waals surface area contributed by atoms with Crippen LogP contribution in [0.5, 0.6) is 0 Å². The van der Waals surface area contributed by atoms with Gasteiger partial charge in [0.15, 0.2) is 0 Å². The zero-order chi connectivity index (χ0) is 9.80. The Morgan fingerprint density at radius 2 is 1.79 bits per heavy atom. The van der Waals surface area contributed by atoms with Crippen LogP contribution in [-0.4, -0.2) is 31.1 Å². The highest BCUT2D eigenvalue weighted by Crippen LogP contribution is 2.05. The molecule has 0 bridgehead atoms. The summed E-state index contributed by atoms with van der Waals surface area (Å²) in [5.74, 6) is 0. The van der Waals surface area contributed by atoms with Crippen LogP contribution in [0.4, 0.5) is 0 Å². The molecule has 1 atom stereocenters. The predicted octanol–water partition coefficient (Wildman–Crippen LogP) is 0.592. The second-order valence-corrected chi connectivity index (χ2v) is 4.43. The fourth-order valence-corrected chi connectivity index (χ4v) is 1.94. The molecule has 0 amide bonds. The number of nitrogens with one attached hydrogen (secondary N) is 1. The average molecular weight is 208 g/mol. The van der Waals surface area contributed by atoms with Crippen LogP contribution in [0.1, 0.15) is 5.56 Å². The number of piperazine rings is 1. The maximum absolute atomic E-state index is 3.36. The van der Waals surface area contributed by atoms with Gasteiger partial charge < -0.3 is 5.32 Å². The summed E-state index contributed by atoms with van der Waals surface area (Å²) >= 11 is 0. The van der Waals surface area contributed by atoms with E-state index in [0.717, 1.165) is 19.6 Å². The third-order valence-corrected chi connectivity index (χ3v) is 2.98. The quantitative estimate of drug-likeness (QED) is 0.716. The summed E-state index contributed by atoms with van der Waals surface area (Å²) in [4.78, 5) is 2.49. The number of hydrogen-bond acceptors (Lipinski definition) is 2. The number of nitrogens with zero attached hydrogens (tertiary/aromatic N) is 1. The van der Waals surface area contributed by atoms with E-state index in [1.54, 1.807) is 0 Å². The van der Waals surface area contributed by atoms with E-state index < -0.39 is 0 Å². The van der Waals surface area contributed by atoms with Crippen molar-refractivity contribution in [3.63, 3.8) is 0 Å². The van der Waals surface area contributed by atoms with Crippen LogP contribution < -0.4 is 10.6 Å². The summed E-state index contributed by atoms with van der Waals surface area (Å²) < 4.78 is 0. The van der Waals surface area contributed by atoms with Crippen LogP contribution in [0.15, 0.2) is 24.3 Å². The van der Waals surface area contributed by atoms with Crippen molar-refractivity contribution in [1.29, 1.82) is 0 Å². The molecule has 1 heterocycles. The lowest BCUT2D eigenvalue weighted by molar-refractivity contribution is 0.233. The lowest BCUT2D eigenvalue weighted by atomic mass is 10.2. The normalized spacial score (nSPS) is 18.4. The first-order valence-electron chi connectivity index (χ1n) is 5.12. The Bertz CT molecular complexity index is 278. The first-order chi connectivity index (χ1) is 6.84. The van der Waals surface area contributed by atoms with Gasteiger partial charge in [-0.2, -0.15) is 0 Å². The maximum Gasteiger partial charge on any atom is 0.0234 e. The molecule has 1 N–H and O–H groups in total. The second kappa shape index (κ2) is 4.88. The van der Waals surface area contributed by atoms with E-state index in [0.29, 0.717) is 0 Å². The highest BCUT2D eigenvalue weighted by Gasteiger charge is 2.08. The van der Waals surface area contributed by atoms with Crippen molar-refractivity contribution in [1.82, 2.24) is 10.2 Å². The molecule has 1 unspecified atom stereocenters. The molecule has 0 radical (unpaired) electrons. The van der Waals surface area contributed by atoms with Gasteiger partial charge in [0.2, 0.25) is 0 Å². The molecule has 1 aliphatic rings. The molecule has 1 aromatic carbocycles. The van der Waals surface area contributed by atoms with Crippen molar-refractivity contribution < 1.29 is 0 Å².